The first-order chi connectivity index (χ1) is 12.1. The highest BCUT2D eigenvalue weighted by Gasteiger charge is 2.24. The van der Waals surface area contributed by atoms with Gasteiger partial charge in [0.15, 0.2) is 6.29 Å². The normalized spacial score (nSPS) is 27.1. The van der Waals surface area contributed by atoms with E-state index in [-0.39, 0.29) is 12.2 Å². The van der Waals surface area contributed by atoms with E-state index in [0.717, 1.165) is 38.6 Å². The maximum atomic E-state index is 11.1. The van der Waals surface area contributed by atoms with Crippen molar-refractivity contribution in [3.63, 3.8) is 0 Å². The summed E-state index contributed by atoms with van der Waals surface area (Å²) in [6.07, 6.45) is 5.58. The van der Waals surface area contributed by atoms with Crippen molar-refractivity contribution in [2.24, 2.45) is 5.92 Å². The van der Waals surface area contributed by atoms with Crippen LogP contribution in [0.25, 0.3) is 0 Å². The Balaban J connectivity index is 1.32. The molecule has 0 spiro atoms. The standard InChI is InChI=1S/C19H25Cl2NO3/c20-16-6-4-14(10-17(16)21)15-5-8-19(25-12-15)24-9-1-2-13-3-7-18(23)22-11-13/h4,6,10,13,15,19H,1-3,5,7-9,11-12H2,(H,22,23). The molecule has 3 rings (SSSR count). The molecule has 3 atom stereocenters. The van der Waals surface area contributed by atoms with E-state index in [1.54, 1.807) is 0 Å². The monoisotopic (exact) mass is 385 g/mol. The van der Waals surface area contributed by atoms with E-state index >= 15 is 0 Å². The number of benzene rings is 1. The molecule has 0 aromatic heterocycles. The van der Waals surface area contributed by atoms with Gasteiger partial charge < -0.3 is 14.8 Å². The van der Waals surface area contributed by atoms with Crippen LogP contribution in [0.4, 0.5) is 0 Å². The molecule has 1 aromatic rings. The average molecular weight is 386 g/mol. The van der Waals surface area contributed by atoms with Gasteiger partial charge in [-0.1, -0.05) is 29.3 Å². The number of hydrogen-bond acceptors (Lipinski definition) is 3. The zero-order valence-corrected chi connectivity index (χ0v) is 15.8. The Bertz CT molecular complexity index is 578. The highest BCUT2D eigenvalue weighted by atomic mass is 35.5. The SMILES string of the molecule is O=C1CCC(CCCOC2CCC(c3ccc(Cl)c(Cl)c3)CO2)CN1. The van der Waals surface area contributed by atoms with Crippen molar-refractivity contribution in [3.8, 4) is 0 Å². The molecule has 138 valence electrons. The second-order valence-electron chi connectivity index (χ2n) is 6.93. The lowest BCUT2D eigenvalue weighted by molar-refractivity contribution is -0.168. The van der Waals surface area contributed by atoms with Crippen molar-refractivity contribution in [2.75, 3.05) is 19.8 Å². The molecule has 2 saturated heterocycles. The third kappa shape index (κ3) is 5.58. The lowest BCUT2D eigenvalue weighted by Gasteiger charge is -2.29. The number of rotatable bonds is 6. The van der Waals surface area contributed by atoms with Crippen molar-refractivity contribution in [1.82, 2.24) is 5.32 Å². The van der Waals surface area contributed by atoms with Crippen molar-refractivity contribution in [2.45, 2.75) is 50.7 Å². The fourth-order valence-electron chi connectivity index (χ4n) is 3.51. The van der Waals surface area contributed by atoms with Gasteiger partial charge in [0.05, 0.1) is 16.7 Å². The molecule has 2 aliphatic heterocycles. The lowest BCUT2D eigenvalue weighted by atomic mass is 9.93. The van der Waals surface area contributed by atoms with Gasteiger partial charge >= 0.3 is 0 Å². The zero-order valence-electron chi connectivity index (χ0n) is 14.3. The molecule has 2 aliphatic rings. The first-order valence-corrected chi connectivity index (χ1v) is 9.82. The minimum absolute atomic E-state index is 0.106. The van der Waals surface area contributed by atoms with Crippen LogP contribution >= 0.6 is 23.2 Å². The van der Waals surface area contributed by atoms with E-state index in [1.165, 1.54) is 5.56 Å². The van der Waals surface area contributed by atoms with Gasteiger partial charge in [-0.3, -0.25) is 4.79 Å². The number of carbonyl (C=O) groups excluding carboxylic acids is 1. The van der Waals surface area contributed by atoms with Crippen LogP contribution in [0.1, 0.15) is 50.0 Å². The predicted molar refractivity (Wildman–Crippen MR) is 99.1 cm³/mol. The van der Waals surface area contributed by atoms with Crippen LogP contribution in [0.15, 0.2) is 18.2 Å². The van der Waals surface area contributed by atoms with Gasteiger partial charge in [-0.2, -0.15) is 0 Å². The van der Waals surface area contributed by atoms with E-state index in [9.17, 15) is 4.79 Å². The number of nitrogens with one attached hydrogen (secondary N) is 1. The Kier molecular flexibility index (Phi) is 7.00. The fraction of sp³-hybridized carbons (Fsp3) is 0.632. The highest BCUT2D eigenvalue weighted by Crippen LogP contribution is 2.32. The van der Waals surface area contributed by atoms with Crippen molar-refractivity contribution in [1.29, 1.82) is 0 Å². The van der Waals surface area contributed by atoms with Crippen molar-refractivity contribution in [3.05, 3.63) is 33.8 Å². The highest BCUT2D eigenvalue weighted by molar-refractivity contribution is 6.42. The smallest absolute Gasteiger partial charge is 0.220 e. The Hall–Kier alpha value is -0.810. The Morgan fingerprint density at radius 1 is 1.20 bits per heavy atom. The number of piperidine rings is 1. The van der Waals surface area contributed by atoms with Gasteiger partial charge in [-0.05, 0) is 55.7 Å². The second-order valence-corrected chi connectivity index (χ2v) is 7.75. The number of carbonyl (C=O) groups is 1. The van der Waals surface area contributed by atoms with Crippen LogP contribution < -0.4 is 5.32 Å². The maximum Gasteiger partial charge on any atom is 0.220 e. The topological polar surface area (TPSA) is 47.6 Å². The first kappa shape index (κ1) is 19.0. The van der Waals surface area contributed by atoms with Crippen molar-refractivity contribution < 1.29 is 14.3 Å². The van der Waals surface area contributed by atoms with E-state index < -0.39 is 0 Å². The minimum Gasteiger partial charge on any atom is -0.356 e. The van der Waals surface area contributed by atoms with Gasteiger partial charge in [0.1, 0.15) is 0 Å². The van der Waals surface area contributed by atoms with Gasteiger partial charge in [-0.15, -0.1) is 0 Å². The number of ether oxygens (including phenoxy) is 2. The third-order valence-electron chi connectivity index (χ3n) is 5.08. The molecule has 2 fully saturated rings. The number of halogens is 2. The summed E-state index contributed by atoms with van der Waals surface area (Å²) in [4.78, 5) is 11.1. The van der Waals surface area contributed by atoms with Crippen LogP contribution in [0.5, 0.6) is 0 Å². The summed E-state index contributed by atoms with van der Waals surface area (Å²) >= 11 is 12.1. The van der Waals surface area contributed by atoms with Crippen LogP contribution in [0.3, 0.4) is 0 Å². The van der Waals surface area contributed by atoms with Gasteiger partial charge in [0.2, 0.25) is 5.91 Å². The van der Waals surface area contributed by atoms with E-state index in [2.05, 4.69) is 5.32 Å². The molecule has 0 saturated carbocycles. The zero-order chi connectivity index (χ0) is 17.6. The summed E-state index contributed by atoms with van der Waals surface area (Å²) in [7, 11) is 0. The molecule has 2 heterocycles. The van der Waals surface area contributed by atoms with Crippen LogP contribution in [-0.4, -0.2) is 32.0 Å². The van der Waals surface area contributed by atoms with Gasteiger partial charge in [0.25, 0.3) is 0 Å². The quantitative estimate of drug-likeness (QED) is 0.731. The molecule has 3 unspecified atom stereocenters. The fourth-order valence-corrected chi connectivity index (χ4v) is 3.81. The molecular formula is C19H25Cl2NO3. The third-order valence-corrected chi connectivity index (χ3v) is 5.82. The molecule has 6 heteroatoms. The number of amides is 1. The number of hydrogen-bond donors (Lipinski definition) is 1. The molecule has 1 amide bonds. The first-order valence-electron chi connectivity index (χ1n) is 9.06. The molecule has 0 aliphatic carbocycles. The van der Waals surface area contributed by atoms with E-state index in [0.29, 0.717) is 41.5 Å². The summed E-state index contributed by atoms with van der Waals surface area (Å²) in [5.74, 6) is 1.12. The van der Waals surface area contributed by atoms with Gasteiger partial charge in [0, 0.05) is 25.5 Å². The Morgan fingerprint density at radius 3 is 2.76 bits per heavy atom. The summed E-state index contributed by atoms with van der Waals surface area (Å²) in [6, 6.07) is 5.80. The summed E-state index contributed by atoms with van der Waals surface area (Å²) in [5, 5.41) is 4.11. The summed E-state index contributed by atoms with van der Waals surface area (Å²) < 4.78 is 11.7. The second kappa shape index (κ2) is 9.22. The molecule has 1 aromatic carbocycles. The molecule has 1 N–H and O–H groups in total. The Morgan fingerprint density at radius 2 is 2.08 bits per heavy atom. The molecule has 4 nitrogen and oxygen atoms in total. The molecule has 25 heavy (non-hydrogen) atoms. The van der Waals surface area contributed by atoms with Gasteiger partial charge in [-0.25, -0.2) is 0 Å². The van der Waals surface area contributed by atoms with Crippen LogP contribution in [0.2, 0.25) is 10.0 Å². The summed E-state index contributed by atoms with van der Waals surface area (Å²) in [5.41, 5.74) is 1.17. The molecule has 0 bridgehead atoms. The van der Waals surface area contributed by atoms with E-state index in [4.69, 9.17) is 32.7 Å². The average Bonchev–Trinajstić information content (AvgIpc) is 2.63. The van der Waals surface area contributed by atoms with Crippen molar-refractivity contribution >= 4 is 29.1 Å². The van der Waals surface area contributed by atoms with E-state index in [1.807, 2.05) is 18.2 Å². The molecule has 0 radical (unpaired) electrons. The van der Waals surface area contributed by atoms with Crippen LogP contribution in [-0.2, 0) is 14.3 Å². The predicted octanol–water partition coefficient (Wildman–Crippen LogP) is 4.54. The minimum atomic E-state index is -0.106. The maximum absolute atomic E-state index is 11.1. The Labute approximate surface area is 159 Å². The van der Waals surface area contributed by atoms with Crippen LogP contribution in [0, 0.1) is 5.92 Å². The largest absolute Gasteiger partial charge is 0.356 e. The summed E-state index contributed by atoms with van der Waals surface area (Å²) in [6.45, 7) is 2.17. The molecular weight excluding hydrogens is 361 g/mol. The lowest BCUT2D eigenvalue weighted by Crippen LogP contribution is -2.35.